The van der Waals surface area contributed by atoms with E-state index in [-0.39, 0.29) is 28.5 Å². The van der Waals surface area contributed by atoms with Crippen LogP contribution in [0.15, 0.2) is 41.3 Å². The number of carboxylic acid groups (broad SMARTS) is 1. The van der Waals surface area contributed by atoms with Gasteiger partial charge in [-0.25, -0.2) is 17.9 Å². The fourth-order valence-corrected chi connectivity index (χ4v) is 4.30. The largest absolute Gasteiger partial charge is 0.479 e. The molecule has 0 saturated carbocycles. The van der Waals surface area contributed by atoms with Gasteiger partial charge in [-0.2, -0.15) is 0 Å². The number of unbranched alkanes of at least 4 members (excludes halogenated alkanes) is 1. The highest BCUT2D eigenvalue weighted by Crippen LogP contribution is 2.32. The van der Waals surface area contributed by atoms with Crippen LogP contribution in [-0.4, -0.2) is 31.9 Å². The van der Waals surface area contributed by atoms with Crippen molar-refractivity contribution in [2.75, 3.05) is 17.6 Å². The van der Waals surface area contributed by atoms with Gasteiger partial charge in [-0.3, -0.25) is 5.41 Å². The topological polar surface area (TPSA) is 171 Å². The number of rotatable bonds is 11. The zero-order valence-corrected chi connectivity index (χ0v) is 18.4. The number of amidine groups is 1. The summed E-state index contributed by atoms with van der Waals surface area (Å²) in [4.78, 5) is 11.9. The Hall–Kier alpha value is -3.11. The third-order valence-corrected chi connectivity index (χ3v) is 6.32. The first kappa shape index (κ1) is 24.2. The highest BCUT2D eigenvalue weighted by atomic mass is 32.2. The highest BCUT2D eigenvalue weighted by molar-refractivity contribution is 7.89. The average Bonchev–Trinajstić information content (AvgIpc) is 2.72. The minimum Gasteiger partial charge on any atom is -0.479 e. The number of carbonyl (C=O) groups is 1. The predicted molar refractivity (Wildman–Crippen MR) is 122 cm³/mol. The Morgan fingerprint density at radius 2 is 1.84 bits per heavy atom. The summed E-state index contributed by atoms with van der Waals surface area (Å²) in [6.45, 7) is 4.07. The highest BCUT2D eigenvalue weighted by Gasteiger charge is 2.28. The van der Waals surface area contributed by atoms with Crippen molar-refractivity contribution in [3.05, 3.63) is 53.1 Å². The third-order valence-electron chi connectivity index (χ3n) is 4.82. The molecule has 9 nitrogen and oxygen atoms in total. The molecule has 0 aromatic heterocycles. The molecule has 0 aliphatic carbocycles. The Morgan fingerprint density at radius 1 is 1.19 bits per heavy atom. The molecular weight excluding hydrogens is 418 g/mol. The lowest BCUT2D eigenvalue weighted by Gasteiger charge is -2.21. The van der Waals surface area contributed by atoms with Crippen molar-refractivity contribution in [2.45, 2.75) is 44.0 Å². The molecule has 31 heavy (non-hydrogen) atoms. The van der Waals surface area contributed by atoms with Crippen molar-refractivity contribution >= 4 is 33.2 Å². The number of hydrogen-bond acceptors (Lipinski definition) is 6. The lowest BCUT2D eigenvalue weighted by atomic mass is 10.00. The van der Waals surface area contributed by atoms with E-state index in [2.05, 4.69) is 10.0 Å². The maximum absolute atomic E-state index is 12.8. The third kappa shape index (κ3) is 5.96. The number of sulfonamides is 1. The van der Waals surface area contributed by atoms with Gasteiger partial charge < -0.3 is 21.9 Å². The summed E-state index contributed by atoms with van der Waals surface area (Å²) in [5.74, 6) is -1.32. The summed E-state index contributed by atoms with van der Waals surface area (Å²) < 4.78 is 28.1. The standard InChI is InChI=1S/C21H29N5O4S/c1-3-5-10-25-31(29,30)17-12-13(4-2)11-16(18(17)22)19(21(27)28)26-15-8-6-14(7-9-15)20(23)24/h6-9,11-12,19,25-26H,3-5,10,22H2,1-2H3,(H3,23,24)(H,27,28). The molecule has 8 N–H and O–H groups in total. The summed E-state index contributed by atoms with van der Waals surface area (Å²) in [5, 5.41) is 20.2. The Labute approximate surface area is 182 Å². The van der Waals surface area contributed by atoms with E-state index >= 15 is 0 Å². The Bertz CT molecular complexity index is 1050. The monoisotopic (exact) mass is 447 g/mol. The van der Waals surface area contributed by atoms with Gasteiger partial charge in [0.2, 0.25) is 10.0 Å². The Balaban J connectivity index is 2.49. The van der Waals surface area contributed by atoms with Gasteiger partial charge in [-0.15, -0.1) is 0 Å². The molecule has 10 heteroatoms. The van der Waals surface area contributed by atoms with Gasteiger partial charge in [0.05, 0.1) is 5.69 Å². The van der Waals surface area contributed by atoms with Crippen LogP contribution in [0.25, 0.3) is 0 Å². The molecule has 0 bridgehead atoms. The van der Waals surface area contributed by atoms with Gasteiger partial charge in [0.1, 0.15) is 10.7 Å². The van der Waals surface area contributed by atoms with E-state index < -0.39 is 22.0 Å². The van der Waals surface area contributed by atoms with E-state index in [1.54, 1.807) is 30.3 Å². The number of nitrogen functional groups attached to an aromatic ring is 2. The van der Waals surface area contributed by atoms with Gasteiger partial charge >= 0.3 is 5.97 Å². The normalized spacial score (nSPS) is 12.3. The van der Waals surface area contributed by atoms with Crippen molar-refractivity contribution in [1.29, 1.82) is 5.41 Å². The summed E-state index contributed by atoms with van der Waals surface area (Å²) in [5.41, 5.74) is 13.3. The summed E-state index contributed by atoms with van der Waals surface area (Å²) in [6.07, 6.45) is 2.01. The van der Waals surface area contributed by atoms with E-state index in [0.717, 1.165) is 6.42 Å². The number of aliphatic carboxylic acids is 1. The number of benzene rings is 2. The minimum absolute atomic E-state index is 0.105. The van der Waals surface area contributed by atoms with E-state index in [4.69, 9.17) is 16.9 Å². The van der Waals surface area contributed by atoms with Crippen LogP contribution in [0, 0.1) is 5.41 Å². The molecule has 2 aromatic carbocycles. The van der Waals surface area contributed by atoms with Crippen LogP contribution in [0.1, 0.15) is 49.4 Å². The van der Waals surface area contributed by atoms with Crippen molar-refractivity contribution in [2.24, 2.45) is 5.73 Å². The maximum atomic E-state index is 12.8. The Kier molecular flexibility index (Phi) is 8.01. The molecule has 168 valence electrons. The van der Waals surface area contributed by atoms with E-state index in [0.29, 0.717) is 29.7 Å². The molecule has 0 amide bonds. The predicted octanol–water partition coefficient (Wildman–Crippen LogP) is 2.43. The van der Waals surface area contributed by atoms with Crippen molar-refractivity contribution in [1.82, 2.24) is 4.72 Å². The fraction of sp³-hybridized carbons (Fsp3) is 0.333. The molecular formula is C21H29N5O4S. The molecule has 2 aromatic rings. The van der Waals surface area contributed by atoms with E-state index in [1.165, 1.54) is 6.07 Å². The van der Waals surface area contributed by atoms with Gasteiger partial charge in [0.25, 0.3) is 0 Å². The van der Waals surface area contributed by atoms with Gasteiger partial charge in [0, 0.05) is 23.4 Å². The first-order valence-corrected chi connectivity index (χ1v) is 11.4. The minimum atomic E-state index is -3.90. The molecule has 0 aliphatic heterocycles. The van der Waals surface area contributed by atoms with Gasteiger partial charge in [-0.1, -0.05) is 26.3 Å². The molecule has 0 heterocycles. The van der Waals surface area contributed by atoms with Crippen LogP contribution in [0.5, 0.6) is 0 Å². The Morgan fingerprint density at radius 3 is 2.35 bits per heavy atom. The number of hydrogen-bond donors (Lipinski definition) is 6. The van der Waals surface area contributed by atoms with Crippen molar-refractivity contribution in [3.63, 3.8) is 0 Å². The molecule has 0 radical (unpaired) electrons. The van der Waals surface area contributed by atoms with Gasteiger partial charge in [0.15, 0.2) is 6.04 Å². The summed E-state index contributed by atoms with van der Waals surface area (Å²) in [7, 11) is -3.90. The number of aryl methyl sites for hydroxylation is 1. The molecule has 0 fully saturated rings. The fourth-order valence-electron chi connectivity index (χ4n) is 3.02. The molecule has 0 spiro atoms. The molecule has 0 saturated heterocycles. The second-order valence-electron chi connectivity index (χ2n) is 7.11. The number of nitrogens with one attached hydrogen (secondary N) is 3. The van der Waals surface area contributed by atoms with E-state index in [1.807, 2.05) is 13.8 Å². The van der Waals surface area contributed by atoms with Crippen LogP contribution < -0.4 is 21.5 Å². The molecule has 2 rings (SSSR count). The first-order chi connectivity index (χ1) is 14.6. The van der Waals surface area contributed by atoms with Crippen molar-refractivity contribution < 1.29 is 18.3 Å². The lowest BCUT2D eigenvalue weighted by molar-refractivity contribution is -0.138. The van der Waals surface area contributed by atoms with Crippen LogP contribution in [0.4, 0.5) is 11.4 Å². The quantitative estimate of drug-likeness (QED) is 0.133. The van der Waals surface area contributed by atoms with Crippen LogP contribution in [0.3, 0.4) is 0 Å². The van der Waals surface area contributed by atoms with Crippen LogP contribution in [0.2, 0.25) is 0 Å². The maximum Gasteiger partial charge on any atom is 0.330 e. The second kappa shape index (κ2) is 10.3. The number of anilines is 2. The zero-order chi connectivity index (χ0) is 23.2. The first-order valence-electron chi connectivity index (χ1n) is 9.96. The van der Waals surface area contributed by atoms with E-state index in [9.17, 15) is 18.3 Å². The van der Waals surface area contributed by atoms with Crippen LogP contribution in [-0.2, 0) is 21.2 Å². The summed E-state index contributed by atoms with van der Waals surface area (Å²) in [6, 6.07) is 8.17. The van der Waals surface area contributed by atoms with Crippen molar-refractivity contribution in [3.8, 4) is 0 Å². The SMILES string of the molecule is CCCCNS(=O)(=O)c1cc(CC)cc(C(Nc2ccc(C(=N)N)cc2)C(=O)O)c1N. The van der Waals surface area contributed by atoms with Crippen LogP contribution >= 0.6 is 0 Å². The second-order valence-corrected chi connectivity index (χ2v) is 8.84. The smallest absolute Gasteiger partial charge is 0.330 e. The molecule has 1 unspecified atom stereocenters. The lowest BCUT2D eigenvalue weighted by Crippen LogP contribution is -2.28. The molecule has 1 atom stereocenters. The number of carboxylic acids is 1. The number of nitrogens with two attached hydrogens (primary N) is 2. The van der Waals surface area contributed by atoms with Gasteiger partial charge in [-0.05, 0) is 48.7 Å². The summed E-state index contributed by atoms with van der Waals surface area (Å²) >= 11 is 0. The molecule has 0 aliphatic rings. The average molecular weight is 448 g/mol. The zero-order valence-electron chi connectivity index (χ0n) is 17.6.